The Balaban J connectivity index is 1.99. The third kappa shape index (κ3) is 3.48. The van der Waals surface area contributed by atoms with Crippen molar-refractivity contribution in [3.05, 3.63) is 29.3 Å². The topological polar surface area (TPSA) is 38.5 Å². The number of methoxy groups -OCH3 is 1. The van der Waals surface area contributed by atoms with Crippen LogP contribution in [0.1, 0.15) is 30.9 Å². The number of piperidine rings is 1. The van der Waals surface area contributed by atoms with E-state index in [4.69, 9.17) is 10.5 Å². The molecule has 0 saturated carbocycles. The highest BCUT2D eigenvalue weighted by Gasteiger charge is 2.25. The molecule has 0 amide bonds. The van der Waals surface area contributed by atoms with Gasteiger partial charge in [0.25, 0.3) is 0 Å². The van der Waals surface area contributed by atoms with Crippen LogP contribution < -0.4 is 10.5 Å². The van der Waals surface area contributed by atoms with Crippen LogP contribution in [-0.2, 0) is 6.54 Å². The summed E-state index contributed by atoms with van der Waals surface area (Å²) in [6.45, 7) is 7.61. The molecule has 1 saturated heterocycles. The highest BCUT2D eigenvalue weighted by molar-refractivity contribution is 5.36. The summed E-state index contributed by atoms with van der Waals surface area (Å²) in [5, 5.41) is 0. The first-order valence-electron chi connectivity index (χ1n) is 7.25. The molecule has 0 aliphatic carbocycles. The third-order valence-electron chi connectivity index (χ3n) is 4.27. The van der Waals surface area contributed by atoms with Gasteiger partial charge in [0.1, 0.15) is 5.75 Å². The minimum Gasteiger partial charge on any atom is -0.496 e. The fourth-order valence-electron chi connectivity index (χ4n) is 3.00. The number of ether oxygens (including phenoxy) is 1. The van der Waals surface area contributed by atoms with Crippen LogP contribution in [-0.4, -0.2) is 31.1 Å². The van der Waals surface area contributed by atoms with Gasteiger partial charge in [0, 0.05) is 19.1 Å². The predicted molar refractivity (Wildman–Crippen MR) is 79.4 cm³/mol. The van der Waals surface area contributed by atoms with Gasteiger partial charge in [0.05, 0.1) is 7.11 Å². The van der Waals surface area contributed by atoms with E-state index >= 15 is 0 Å². The molecule has 2 N–H and O–H groups in total. The zero-order valence-electron chi connectivity index (χ0n) is 12.4. The Kier molecular flexibility index (Phi) is 4.83. The first-order chi connectivity index (χ1) is 9.13. The van der Waals surface area contributed by atoms with Crippen molar-refractivity contribution in [2.45, 2.75) is 39.3 Å². The van der Waals surface area contributed by atoms with E-state index in [1.165, 1.54) is 17.5 Å². The summed E-state index contributed by atoms with van der Waals surface area (Å²) in [4.78, 5) is 2.53. The SMILES string of the molecule is CCC1CN(Cc2ccc(OC)c(C)c2)CCC1N. The van der Waals surface area contributed by atoms with E-state index in [1.807, 2.05) is 0 Å². The number of hydrogen-bond donors (Lipinski definition) is 1. The average Bonchev–Trinajstić information content (AvgIpc) is 2.41. The van der Waals surface area contributed by atoms with Gasteiger partial charge in [0.15, 0.2) is 0 Å². The molecule has 106 valence electrons. The summed E-state index contributed by atoms with van der Waals surface area (Å²) < 4.78 is 5.31. The van der Waals surface area contributed by atoms with Gasteiger partial charge >= 0.3 is 0 Å². The molecular formula is C16H26N2O. The number of nitrogens with two attached hydrogens (primary N) is 1. The zero-order chi connectivity index (χ0) is 13.8. The fourth-order valence-corrected chi connectivity index (χ4v) is 3.00. The van der Waals surface area contributed by atoms with E-state index in [2.05, 4.69) is 36.9 Å². The molecule has 3 nitrogen and oxygen atoms in total. The molecule has 2 unspecified atom stereocenters. The van der Waals surface area contributed by atoms with Gasteiger partial charge in [0.2, 0.25) is 0 Å². The Morgan fingerprint density at radius 3 is 2.84 bits per heavy atom. The quantitative estimate of drug-likeness (QED) is 0.906. The number of likely N-dealkylation sites (tertiary alicyclic amines) is 1. The van der Waals surface area contributed by atoms with Gasteiger partial charge < -0.3 is 10.5 Å². The van der Waals surface area contributed by atoms with Crippen LogP contribution in [0, 0.1) is 12.8 Å². The Bertz CT molecular complexity index is 419. The fraction of sp³-hybridized carbons (Fsp3) is 0.625. The number of nitrogens with zero attached hydrogens (tertiary/aromatic N) is 1. The monoisotopic (exact) mass is 262 g/mol. The predicted octanol–water partition coefficient (Wildman–Crippen LogP) is 2.56. The van der Waals surface area contributed by atoms with Gasteiger partial charge in [-0.1, -0.05) is 25.5 Å². The largest absolute Gasteiger partial charge is 0.496 e. The van der Waals surface area contributed by atoms with Crippen molar-refractivity contribution in [2.75, 3.05) is 20.2 Å². The molecule has 1 aliphatic heterocycles. The number of aryl methyl sites for hydroxylation is 1. The van der Waals surface area contributed by atoms with E-state index in [9.17, 15) is 0 Å². The van der Waals surface area contributed by atoms with E-state index in [0.29, 0.717) is 12.0 Å². The van der Waals surface area contributed by atoms with E-state index in [0.717, 1.165) is 31.8 Å². The summed E-state index contributed by atoms with van der Waals surface area (Å²) in [6.07, 6.45) is 2.30. The third-order valence-corrected chi connectivity index (χ3v) is 4.27. The minimum absolute atomic E-state index is 0.388. The van der Waals surface area contributed by atoms with Crippen LogP contribution in [0.2, 0.25) is 0 Å². The van der Waals surface area contributed by atoms with Crippen LogP contribution in [0.5, 0.6) is 5.75 Å². The molecular weight excluding hydrogens is 236 g/mol. The Labute approximate surface area is 116 Å². The van der Waals surface area contributed by atoms with Gasteiger partial charge in [-0.05, 0) is 43.0 Å². The van der Waals surface area contributed by atoms with Crippen LogP contribution >= 0.6 is 0 Å². The zero-order valence-corrected chi connectivity index (χ0v) is 12.4. The van der Waals surface area contributed by atoms with Crippen LogP contribution in [0.15, 0.2) is 18.2 Å². The van der Waals surface area contributed by atoms with Gasteiger partial charge in [-0.15, -0.1) is 0 Å². The van der Waals surface area contributed by atoms with Crippen molar-refractivity contribution < 1.29 is 4.74 Å². The van der Waals surface area contributed by atoms with E-state index in [1.54, 1.807) is 7.11 Å². The van der Waals surface area contributed by atoms with Crippen molar-refractivity contribution in [1.29, 1.82) is 0 Å². The molecule has 0 aromatic heterocycles. The van der Waals surface area contributed by atoms with Crippen molar-refractivity contribution in [2.24, 2.45) is 11.7 Å². The summed E-state index contributed by atoms with van der Waals surface area (Å²) in [7, 11) is 1.72. The second-order valence-corrected chi connectivity index (χ2v) is 5.66. The summed E-state index contributed by atoms with van der Waals surface area (Å²) in [5.41, 5.74) is 8.74. The summed E-state index contributed by atoms with van der Waals surface area (Å²) >= 11 is 0. The van der Waals surface area contributed by atoms with Crippen molar-refractivity contribution >= 4 is 0 Å². The summed E-state index contributed by atoms with van der Waals surface area (Å²) in [6, 6.07) is 6.85. The molecule has 19 heavy (non-hydrogen) atoms. The molecule has 0 bridgehead atoms. The molecule has 2 atom stereocenters. The molecule has 1 heterocycles. The molecule has 0 spiro atoms. The van der Waals surface area contributed by atoms with E-state index in [-0.39, 0.29) is 0 Å². The maximum atomic E-state index is 6.16. The van der Waals surface area contributed by atoms with Crippen molar-refractivity contribution in [1.82, 2.24) is 4.90 Å². The van der Waals surface area contributed by atoms with Crippen LogP contribution in [0.4, 0.5) is 0 Å². The normalized spacial score (nSPS) is 24.4. The van der Waals surface area contributed by atoms with Crippen LogP contribution in [0.3, 0.4) is 0 Å². The maximum absolute atomic E-state index is 6.16. The summed E-state index contributed by atoms with van der Waals surface area (Å²) in [5.74, 6) is 1.61. The first kappa shape index (κ1) is 14.4. The lowest BCUT2D eigenvalue weighted by Crippen LogP contribution is -2.46. The molecule has 0 radical (unpaired) electrons. The van der Waals surface area contributed by atoms with Crippen molar-refractivity contribution in [3.63, 3.8) is 0 Å². The van der Waals surface area contributed by atoms with Gasteiger partial charge in [-0.2, -0.15) is 0 Å². The second-order valence-electron chi connectivity index (χ2n) is 5.66. The lowest BCUT2D eigenvalue weighted by Gasteiger charge is -2.36. The number of hydrogen-bond acceptors (Lipinski definition) is 3. The standard InChI is InChI=1S/C16H26N2O/c1-4-14-11-18(8-7-15(14)17)10-13-5-6-16(19-3)12(2)9-13/h5-6,9,14-15H,4,7-8,10-11,17H2,1-3H3. The first-order valence-corrected chi connectivity index (χ1v) is 7.25. The lowest BCUT2D eigenvalue weighted by atomic mass is 9.90. The van der Waals surface area contributed by atoms with Gasteiger partial charge in [-0.25, -0.2) is 0 Å². The molecule has 2 rings (SSSR count). The van der Waals surface area contributed by atoms with Gasteiger partial charge in [-0.3, -0.25) is 4.90 Å². The Morgan fingerprint density at radius 2 is 2.21 bits per heavy atom. The molecule has 1 aromatic rings. The number of rotatable bonds is 4. The minimum atomic E-state index is 0.388. The van der Waals surface area contributed by atoms with Crippen molar-refractivity contribution in [3.8, 4) is 5.75 Å². The van der Waals surface area contributed by atoms with Crippen LogP contribution in [0.25, 0.3) is 0 Å². The smallest absolute Gasteiger partial charge is 0.121 e. The second kappa shape index (κ2) is 6.40. The highest BCUT2D eigenvalue weighted by Crippen LogP contribution is 2.23. The average molecular weight is 262 g/mol. The molecule has 1 aromatic carbocycles. The van der Waals surface area contributed by atoms with E-state index < -0.39 is 0 Å². The number of benzene rings is 1. The molecule has 1 fully saturated rings. The molecule has 1 aliphatic rings. The lowest BCUT2D eigenvalue weighted by molar-refractivity contribution is 0.145. The highest BCUT2D eigenvalue weighted by atomic mass is 16.5. The molecule has 3 heteroatoms. The Hall–Kier alpha value is -1.06. The maximum Gasteiger partial charge on any atom is 0.121 e. The Morgan fingerprint density at radius 1 is 1.42 bits per heavy atom.